The van der Waals surface area contributed by atoms with Crippen molar-refractivity contribution in [3.63, 3.8) is 0 Å². The van der Waals surface area contributed by atoms with Crippen molar-refractivity contribution >= 4 is 18.0 Å². The summed E-state index contributed by atoms with van der Waals surface area (Å²) in [4.78, 5) is 22.7. The fourth-order valence-electron chi connectivity index (χ4n) is 2.07. The van der Waals surface area contributed by atoms with E-state index in [0.717, 1.165) is 11.6 Å². The summed E-state index contributed by atoms with van der Waals surface area (Å²) < 4.78 is 15.6. The van der Waals surface area contributed by atoms with Crippen molar-refractivity contribution in [3.8, 4) is 17.6 Å². The highest BCUT2D eigenvalue weighted by molar-refractivity contribution is 5.88. The highest BCUT2D eigenvalue weighted by Gasteiger charge is 2.01. The normalized spacial score (nSPS) is 10.1. The van der Waals surface area contributed by atoms with Gasteiger partial charge in [0.25, 0.3) is 0 Å². The van der Waals surface area contributed by atoms with Gasteiger partial charge in [0.05, 0.1) is 24.8 Å². The SMILES string of the molecule is C=CC(=O)OCCCOc1ccc(C=CC(=O)Oc2ccc(C#N)cc2)cc1. The summed E-state index contributed by atoms with van der Waals surface area (Å²) in [6.07, 6.45) is 4.64. The number of carbonyl (C=O) groups is 2. The van der Waals surface area contributed by atoms with Crippen LogP contribution in [0.4, 0.5) is 0 Å². The predicted molar refractivity (Wildman–Crippen MR) is 104 cm³/mol. The number of rotatable bonds is 9. The molecule has 0 aliphatic rings. The van der Waals surface area contributed by atoms with E-state index in [1.807, 2.05) is 6.07 Å². The number of carbonyl (C=O) groups excluding carboxylic acids is 2. The molecule has 28 heavy (non-hydrogen) atoms. The van der Waals surface area contributed by atoms with Crippen LogP contribution in [0.2, 0.25) is 0 Å². The molecule has 142 valence electrons. The van der Waals surface area contributed by atoms with Crippen LogP contribution >= 0.6 is 0 Å². The van der Waals surface area contributed by atoms with Crippen LogP contribution in [0.1, 0.15) is 17.5 Å². The molecule has 6 heteroatoms. The monoisotopic (exact) mass is 377 g/mol. The topological polar surface area (TPSA) is 85.6 Å². The number of nitrogens with zero attached hydrogens (tertiary/aromatic N) is 1. The second kappa shape index (κ2) is 11.0. The summed E-state index contributed by atoms with van der Waals surface area (Å²) in [6, 6.07) is 15.4. The minimum absolute atomic E-state index is 0.271. The van der Waals surface area contributed by atoms with E-state index in [-0.39, 0.29) is 6.61 Å². The van der Waals surface area contributed by atoms with Gasteiger partial charge in [-0.15, -0.1) is 0 Å². The van der Waals surface area contributed by atoms with Gasteiger partial charge in [-0.25, -0.2) is 9.59 Å². The molecule has 0 N–H and O–H groups in total. The van der Waals surface area contributed by atoms with Crippen molar-refractivity contribution in [2.24, 2.45) is 0 Å². The molecular weight excluding hydrogens is 358 g/mol. The van der Waals surface area contributed by atoms with Crippen LogP contribution in [0.25, 0.3) is 6.08 Å². The number of hydrogen-bond donors (Lipinski definition) is 0. The van der Waals surface area contributed by atoms with E-state index in [9.17, 15) is 9.59 Å². The smallest absolute Gasteiger partial charge is 0.336 e. The van der Waals surface area contributed by atoms with Gasteiger partial charge in [0.2, 0.25) is 0 Å². The van der Waals surface area contributed by atoms with Crippen LogP contribution in [0, 0.1) is 11.3 Å². The fraction of sp³-hybridized carbons (Fsp3) is 0.136. The van der Waals surface area contributed by atoms with Gasteiger partial charge in [-0.1, -0.05) is 18.7 Å². The molecule has 0 amide bonds. The fourth-order valence-corrected chi connectivity index (χ4v) is 2.07. The van der Waals surface area contributed by atoms with Crippen molar-refractivity contribution in [2.75, 3.05) is 13.2 Å². The molecule has 0 saturated heterocycles. The highest BCUT2D eigenvalue weighted by atomic mass is 16.5. The van der Waals surface area contributed by atoms with Crippen LogP contribution < -0.4 is 9.47 Å². The van der Waals surface area contributed by atoms with E-state index in [4.69, 9.17) is 19.5 Å². The Morgan fingerprint density at radius 2 is 1.64 bits per heavy atom. The third kappa shape index (κ3) is 7.18. The molecule has 0 aromatic heterocycles. The van der Waals surface area contributed by atoms with E-state index in [1.54, 1.807) is 54.6 Å². The van der Waals surface area contributed by atoms with Gasteiger partial charge < -0.3 is 14.2 Å². The summed E-state index contributed by atoms with van der Waals surface area (Å²) in [6.45, 7) is 4.00. The second-order valence-electron chi connectivity index (χ2n) is 5.53. The van der Waals surface area contributed by atoms with Gasteiger partial charge in [0, 0.05) is 18.6 Å². The van der Waals surface area contributed by atoms with E-state index < -0.39 is 11.9 Å². The summed E-state index contributed by atoms with van der Waals surface area (Å²) in [5.41, 5.74) is 1.31. The number of esters is 2. The first-order chi connectivity index (χ1) is 13.6. The summed E-state index contributed by atoms with van der Waals surface area (Å²) >= 11 is 0. The van der Waals surface area contributed by atoms with E-state index in [2.05, 4.69) is 6.58 Å². The van der Waals surface area contributed by atoms with Crippen LogP contribution in [0.15, 0.2) is 67.3 Å². The number of benzene rings is 2. The first-order valence-electron chi connectivity index (χ1n) is 8.53. The zero-order chi connectivity index (χ0) is 20.2. The molecule has 2 aromatic carbocycles. The van der Waals surface area contributed by atoms with E-state index in [0.29, 0.717) is 30.1 Å². The maximum absolute atomic E-state index is 11.8. The molecule has 0 aliphatic carbocycles. The van der Waals surface area contributed by atoms with Gasteiger partial charge in [-0.05, 0) is 48.0 Å². The Hall–Kier alpha value is -3.85. The zero-order valence-corrected chi connectivity index (χ0v) is 15.2. The first kappa shape index (κ1) is 20.5. The van der Waals surface area contributed by atoms with E-state index >= 15 is 0 Å². The summed E-state index contributed by atoms with van der Waals surface area (Å²) in [5.74, 6) is 0.0801. The Balaban J connectivity index is 1.76. The molecule has 2 rings (SSSR count). The van der Waals surface area contributed by atoms with Crippen molar-refractivity contribution in [2.45, 2.75) is 6.42 Å². The lowest BCUT2D eigenvalue weighted by molar-refractivity contribution is -0.138. The lowest BCUT2D eigenvalue weighted by Crippen LogP contribution is -2.06. The number of ether oxygens (including phenoxy) is 3. The third-order valence-electron chi connectivity index (χ3n) is 3.46. The average molecular weight is 377 g/mol. The van der Waals surface area contributed by atoms with Crippen molar-refractivity contribution < 1.29 is 23.8 Å². The van der Waals surface area contributed by atoms with Crippen LogP contribution in [0.3, 0.4) is 0 Å². The first-order valence-corrected chi connectivity index (χ1v) is 8.53. The molecular formula is C22H19NO5. The largest absolute Gasteiger partial charge is 0.493 e. The highest BCUT2D eigenvalue weighted by Crippen LogP contribution is 2.15. The van der Waals surface area contributed by atoms with E-state index in [1.165, 1.54) is 6.08 Å². The quantitative estimate of drug-likeness (QED) is 0.287. The third-order valence-corrected chi connectivity index (χ3v) is 3.46. The number of nitriles is 1. The van der Waals surface area contributed by atoms with Crippen LogP contribution in [0.5, 0.6) is 11.5 Å². The van der Waals surface area contributed by atoms with Crippen molar-refractivity contribution in [1.82, 2.24) is 0 Å². The summed E-state index contributed by atoms with van der Waals surface area (Å²) in [7, 11) is 0. The minimum atomic E-state index is -0.515. The van der Waals surface area contributed by atoms with Gasteiger partial charge in [-0.3, -0.25) is 0 Å². The Bertz CT molecular complexity index is 877. The molecule has 0 bridgehead atoms. The molecule has 2 aromatic rings. The molecule has 0 radical (unpaired) electrons. The summed E-state index contributed by atoms with van der Waals surface area (Å²) in [5, 5.41) is 8.74. The maximum Gasteiger partial charge on any atom is 0.336 e. The van der Waals surface area contributed by atoms with Gasteiger partial charge in [0.1, 0.15) is 11.5 Å². The Labute approximate surface area is 163 Å². The van der Waals surface area contributed by atoms with Crippen LogP contribution in [-0.2, 0) is 14.3 Å². The molecule has 0 fully saturated rings. The van der Waals surface area contributed by atoms with Crippen LogP contribution in [-0.4, -0.2) is 25.2 Å². The van der Waals surface area contributed by atoms with Crippen molar-refractivity contribution in [3.05, 3.63) is 78.4 Å². The minimum Gasteiger partial charge on any atom is -0.493 e. The second-order valence-corrected chi connectivity index (χ2v) is 5.53. The maximum atomic E-state index is 11.8. The lowest BCUT2D eigenvalue weighted by atomic mass is 10.2. The van der Waals surface area contributed by atoms with Gasteiger partial charge in [0.15, 0.2) is 0 Å². The average Bonchev–Trinajstić information content (AvgIpc) is 2.73. The van der Waals surface area contributed by atoms with Gasteiger partial charge in [-0.2, -0.15) is 5.26 Å². The molecule has 0 heterocycles. The lowest BCUT2D eigenvalue weighted by Gasteiger charge is -2.06. The standard InChI is InChI=1S/C22H19NO5/c1-2-21(24)27-15-3-14-26-19-9-4-17(5-10-19)8-13-22(25)28-20-11-6-18(16-23)7-12-20/h2,4-13H,1,3,14-15H2. The molecule has 0 atom stereocenters. The molecule has 0 unspecified atom stereocenters. The Morgan fingerprint density at radius 1 is 0.964 bits per heavy atom. The Kier molecular flexibility index (Phi) is 8.03. The molecule has 0 spiro atoms. The predicted octanol–water partition coefficient (Wildman–Crippen LogP) is 3.68. The number of hydrogen-bond acceptors (Lipinski definition) is 6. The molecule has 0 aliphatic heterocycles. The molecule has 6 nitrogen and oxygen atoms in total. The molecule has 0 saturated carbocycles. The zero-order valence-electron chi connectivity index (χ0n) is 15.2. The van der Waals surface area contributed by atoms with Crippen molar-refractivity contribution in [1.29, 1.82) is 5.26 Å². The van der Waals surface area contributed by atoms with Gasteiger partial charge >= 0.3 is 11.9 Å². The Morgan fingerprint density at radius 3 is 2.29 bits per heavy atom.